The van der Waals surface area contributed by atoms with E-state index in [1.54, 1.807) is 12.4 Å². The molecule has 1 fully saturated rings. The molecule has 8 heteroatoms. The van der Waals surface area contributed by atoms with Gasteiger partial charge in [0.1, 0.15) is 5.60 Å². The van der Waals surface area contributed by atoms with Gasteiger partial charge >= 0.3 is 0 Å². The fourth-order valence-electron chi connectivity index (χ4n) is 4.94. The Labute approximate surface area is 208 Å². The summed E-state index contributed by atoms with van der Waals surface area (Å²) in [5.74, 6) is 1.35. The van der Waals surface area contributed by atoms with Crippen molar-refractivity contribution in [1.29, 1.82) is 0 Å². The number of hydrogen-bond donors (Lipinski definition) is 2. The molecule has 0 bridgehead atoms. The van der Waals surface area contributed by atoms with Gasteiger partial charge in [-0.3, -0.25) is 4.98 Å². The Balaban J connectivity index is 0.00000324. The minimum atomic E-state index is -1.22. The minimum absolute atomic E-state index is 0. The number of halogens is 1. The lowest BCUT2D eigenvalue weighted by molar-refractivity contribution is -0.127. The zero-order chi connectivity index (χ0) is 24.0. The number of aliphatic hydroxyl groups is 1. The third kappa shape index (κ3) is 4.89. The van der Waals surface area contributed by atoms with Crippen LogP contribution in [0.1, 0.15) is 63.1 Å². The maximum absolute atomic E-state index is 12.4. The van der Waals surface area contributed by atoms with Crippen molar-refractivity contribution in [2.45, 2.75) is 58.1 Å². The maximum Gasteiger partial charge on any atom is 0.228 e. The molecule has 1 aliphatic rings. The molecule has 1 aromatic carbocycles. The van der Waals surface area contributed by atoms with Gasteiger partial charge in [-0.05, 0) is 44.0 Å². The van der Waals surface area contributed by atoms with E-state index in [9.17, 15) is 5.11 Å². The van der Waals surface area contributed by atoms with Crippen molar-refractivity contribution in [3.05, 3.63) is 65.3 Å². The molecule has 7 nitrogen and oxygen atoms in total. The van der Waals surface area contributed by atoms with Crippen LogP contribution in [0.5, 0.6) is 0 Å². The Hall–Kier alpha value is -2.32. The summed E-state index contributed by atoms with van der Waals surface area (Å²) in [6, 6.07) is 10.2. The number of nitrogens with two attached hydrogens (primary N) is 1. The highest BCUT2D eigenvalue weighted by Gasteiger charge is 2.55. The summed E-state index contributed by atoms with van der Waals surface area (Å²) in [5.41, 5.74) is 7.58. The van der Waals surface area contributed by atoms with E-state index in [2.05, 4.69) is 60.0 Å². The average molecular weight is 486 g/mol. The number of benzene rings is 1. The standard InChI is InChI=1S/C26H35N5O2.ClH/c1-17(2)18-7-9-20(10-8-18)26(32,25(5)15-31(6)16-25)21-11-19(13-28-14-21)23-29-22(33-30-23)12-24(3,4)27;/h7-11,13-14,17,32H,12,15-16,27H2,1-6H3;1H/t26-;/m0./s1. The number of aromatic nitrogens is 3. The van der Waals surface area contributed by atoms with Gasteiger partial charge in [0, 0.05) is 54.0 Å². The predicted molar refractivity (Wildman–Crippen MR) is 136 cm³/mol. The van der Waals surface area contributed by atoms with E-state index in [0.29, 0.717) is 29.6 Å². The molecule has 3 N–H and O–H groups in total. The Morgan fingerprint density at radius 3 is 2.35 bits per heavy atom. The van der Waals surface area contributed by atoms with Gasteiger partial charge in [-0.2, -0.15) is 4.98 Å². The lowest BCUT2D eigenvalue weighted by Gasteiger charge is -2.55. The summed E-state index contributed by atoms with van der Waals surface area (Å²) in [6.07, 6.45) is 3.92. The van der Waals surface area contributed by atoms with Gasteiger partial charge in [-0.15, -0.1) is 12.4 Å². The first-order valence-corrected chi connectivity index (χ1v) is 11.5. The summed E-state index contributed by atoms with van der Waals surface area (Å²) >= 11 is 0. The zero-order valence-electron chi connectivity index (χ0n) is 20.9. The Morgan fingerprint density at radius 1 is 1.15 bits per heavy atom. The topological polar surface area (TPSA) is 101 Å². The van der Waals surface area contributed by atoms with Crippen LogP contribution >= 0.6 is 12.4 Å². The Kier molecular flexibility index (Phi) is 7.25. The van der Waals surface area contributed by atoms with E-state index in [1.165, 1.54) is 5.56 Å². The maximum atomic E-state index is 12.4. The van der Waals surface area contributed by atoms with Crippen molar-refractivity contribution in [3.8, 4) is 11.4 Å². The van der Waals surface area contributed by atoms with Crippen LogP contribution in [0.25, 0.3) is 11.4 Å². The van der Waals surface area contributed by atoms with E-state index in [1.807, 2.05) is 32.0 Å². The Bertz CT molecular complexity index is 1120. The monoisotopic (exact) mass is 485 g/mol. The third-order valence-electron chi connectivity index (χ3n) is 6.60. The van der Waals surface area contributed by atoms with E-state index in [0.717, 1.165) is 24.2 Å². The molecule has 0 spiro atoms. The average Bonchev–Trinajstić information content (AvgIpc) is 3.19. The van der Waals surface area contributed by atoms with Gasteiger partial charge in [0.05, 0.1) is 0 Å². The minimum Gasteiger partial charge on any atom is -0.380 e. The number of nitrogens with zero attached hydrogens (tertiary/aromatic N) is 4. The molecule has 1 atom stereocenters. The van der Waals surface area contributed by atoms with Gasteiger partial charge in [0.15, 0.2) is 0 Å². The second-order valence-electron chi connectivity index (χ2n) is 10.9. The molecule has 0 aliphatic carbocycles. The molecule has 184 valence electrons. The fourth-order valence-corrected chi connectivity index (χ4v) is 4.94. The molecular weight excluding hydrogens is 450 g/mol. The molecule has 3 aromatic rings. The van der Waals surface area contributed by atoms with Crippen molar-refractivity contribution in [3.63, 3.8) is 0 Å². The number of pyridine rings is 1. The summed E-state index contributed by atoms with van der Waals surface area (Å²) in [7, 11) is 2.07. The van der Waals surface area contributed by atoms with Crippen LogP contribution in [-0.2, 0) is 12.0 Å². The highest BCUT2D eigenvalue weighted by atomic mass is 35.5. The van der Waals surface area contributed by atoms with Crippen LogP contribution in [0.2, 0.25) is 0 Å². The molecule has 0 unspecified atom stereocenters. The van der Waals surface area contributed by atoms with Gasteiger partial charge in [-0.1, -0.05) is 50.2 Å². The molecule has 0 saturated carbocycles. The van der Waals surface area contributed by atoms with E-state index >= 15 is 0 Å². The van der Waals surface area contributed by atoms with Crippen molar-refractivity contribution >= 4 is 12.4 Å². The predicted octanol–water partition coefficient (Wildman–Crippen LogP) is 4.14. The summed E-state index contributed by atoms with van der Waals surface area (Å²) in [6.45, 7) is 11.9. The van der Waals surface area contributed by atoms with Crippen LogP contribution in [0.4, 0.5) is 0 Å². The van der Waals surface area contributed by atoms with Crippen molar-refractivity contribution < 1.29 is 9.63 Å². The zero-order valence-corrected chi connectivity index (χ0v) is 21.7. The fraction of sp³-hybridized carbons (Fsp3) is 0.500. The lowest BCUT2D eigenvalue weighted by atomic mass is 9.62. The van der Waals surface area contributed by atoms with Gasteiger partial charge in [0.25, 0.3) is 0 Å². The first-order chi connectivity index (χ1) is 15.4. The second-order valence-corrected chi connectivity index (χ2v) is 10.9. The quantitative estimate of drug-likeness (QED) is 0.518. The molecule has 2 aromatic heterocycles. The highest BCUT2D eigenvalue weighted by molar-refractivity contribution is 5.85. The molecule has 4 rings (SSSR count). The third-order valence-corrected chi connectivity index (χ3v) is 6.60. The van der Waals surface area contributed by atoms with Crippen LogP contribution < -0.4 is 5.73 Å². The smallest absolute Gasteiger partial charge is 0.228 e. The number of likely N-dealkylation sites (tertiary alicyclic amines) is 1. The molecule has 1 aliphatic heterocycles. The van der Waals surface area contributed by atoms with Crippen molar-refractivity contribution in [2.75, 3.05) is 20.1 Å². The van der Waals surface area contributed by atoms with E-state index in [4.69, 9.17) is 10.3 Å². The second kappa shape index (κ2) is 9.38. The normalized spacial score (nSPS) is 17.7. The number of rotatable bonds is 7. The largest absolute Gasteiger partial charge is 0.380 e. The first-order valence-electron chi connectivity index (χ1n) is 11.5. The van der Waals surface area contributed by atoms with Crippen molar-refractivity contribution in [2.24, 2.45) is 11.1 Å². The number of hydrogen-bond acceptors (Lipinski definition) is 7. The van der Waals surface area contributed by atoms with E-state index in [-0.39, 0.29) is 17.8 Å². The van der Waals surface area contributed by atoms with Crippen LogP contribution in [0.15, 0.2) is 47.2 Å². The van der Waals surface area contributed by atoms with Crippen LogP contribution in [-0.4, -0.2) is 50.8 Å². The lowest BCUT2D eigenvalue weighted by Crippen LogP contribution is -2.63. The Morgan fingerprint density at radius 2 is 1.79 bits per heavy atom. The molecule has 0 radical (unpaired) electrons. The summed E-state index contributed by atoms with van der Waals surface area (Å²) in [4.78, 5) is 11.2. The van der Waals surface area contributed by atoms with Crippen LogP contribution in [0, 0.1) is 5.41 Å². The van der Waals surface area contributed by atoms with Gasteiger partial charge < -0.3 is 20.3 Å². The summed E-state index contributed by atoms with van der Waals surface area (Å²) < 4.78 is 5.42. The SMILES string of the molecule is CC(C)c1ccc([C@](O)(c2cncc(-c3noc(CC(C)(C)N)n3)c2)C2(C)CN(C)C2)cc1.Cl. The van der Waals surface area contributed by atoms with Gasteiger partial charge in [0.2, 0.25) is 11.7 Å². The molecule has 1 saturated heterocycles. The van der Waals surface area contributed by atoms with Crippen molar-refractivity contribution in [1.82, 2.24) is 20.0 Å². The van der Waals surface area contributed by atoms with Crippen LogP contribution in [0.3, 0.4) is 0 Å². The highest BCUT2D eigenvalue weighted by Crippen LogP contribution is 2.50. The van der Waals surface area contributed by atoms with Gasteiger partial charge in [-0.25, -0.2) is 0 Å². The molecule has 0 amide bonds. The van der Waals surface area contributed by atoms with E-state index < -0.39 is 11.1 Å². The molecule has 3 heterocycles. The summed E-state index contributed by atoms with van der Waals surface area (Å²) in [5, 5.41) is 16.5. The molecular formula is C26H36ClN5O2. The first kappa shape index (κ1) is 26.3. The molecule has 34 heavy (non-hydrogen) atoms.